The molecule has 3 aromatic rings. The number of halogens is 1. The Kier molecular flexibility index (Phi) is 7.14. The molecule has 2 N–H and O–H groups in total. The molecule has 0 aliphatic carbocycles. The average Bonchev–Trinajstić information content (AvgIpc) is 2.72. The second-order valence-electron chi connectivity index (χ2n) is 7.09. The normalized spacial score (nSPS) is 11.7. The Morgan fingerprint density at radius 3 is 2.31 bits per heavy atom. The Bertz CT molecular complexity index is 927. The van der Waals surface area contributed by atoms with Crippen LogP contribution in [0.15, 0.2) is 78.9 Å². The van der Waals surface area contributed by atoms with E-state index >= 15 is 0 Å². The lowest BCUT2D eigenvalue weighted by molar-refractivity contribution is 0.270. The molecule has 0 spiro atoms. The lowest BCUT2D eigenvalue weighted by Gasteiger charge is -2.24. The standard InChI is InChI=1S/C24H25ClN2O2/c1-17(2)23(27-20-13-11-19(25)12-14-20)24(26)28-16-18-7-6-10-22(15-18)29-21-8-4-3-5-9-21/h3-15,17,23,26-27H,16H2,1-2H3. The van der Waals surface area contributed by atoms with Crippen molar-refractivity contribution >= 4 is 23.2 Å². The van der Waals surface area contributed by atoms with Crippen molar-refractivity contribution in [1.82, 2.24) is 0 Å². The third-order valence-corrected chi connectivity index (χ3v) is 4.64. The summed E-state index contributed by atoms with van der Waals surface area (Å²) in [5.41, 5.74) is 1.84. The van der Waals surface area contributed by atoms with Crippen LogP contribution in [0.2, 0.25) is 5.02 Å². The number of rotatable bonds is 8. The third-order valence-electron chi connectivity index (χ3n) is 4.39. The van der Waals surface area contributed by atoms with Gasteiger partial charge in [-0.2, -0.15) is 0 Å². The largest absolute Gasteiger partial charge is 0.475 e. The number of hydrogen-bond acceptors (Lipinski definition) is 4. The predicted molar refractivity (Wildman–Crippen MR) is 119 cm³/mol. The average molecular weight is 409 g/mol. The molecule has 3 aromatic carbocycles. The summed E-state index contributed by atoms with van der Waals surface area (Å²) >= 11 is 5.95. The third kappa shape index (κ3) is 6.26. The summed E-state index contributed by atoms with van der Waals surface area (Å²) in [5.74, 6) is 1.91. The highest BCUT2D eigenvalue weighted by Crippen LogP contribution is 2.23. The monoisotopic (exact) mass is 408 g/mol. The van der Waals surface area contributed by atoms with E-state index in [1.807, 2.05) is 78.9 Å². The fraction of sp³-hybridized carbons (Fsp3) is 0.208. The minimum absolute atomic E-state index is 0.186. The quantitative estimate of drug-likeness (QED) is 0.319. The number of ether oxygens (including phenoxy) is 2. The molecule has 0 saturated carbocycles. The van der Waals surface area contributed by atoms with Gasteiger partial charge in [0.25, 0.3) is 0 Å². The summed E-state index contributed by atoms with van der Waals surface area (Å²) in [4.78, 5) is 0. The first-order valence-corrected chi connectivity index (χ1v) is 9.94. The van der Waals surface area contributed by atoms with Crippen LogP contribution in [0.3, 0.4) is 0 Å². The molecule has 0 bridgehead atoms. The molecule has 0 aliphatic rings. The highest BCUT2D eigenvalue weighted by Gasteiger charge is 2.20. The van der Waals surface area contributed by atoms with Crippen LogP contribution in [0.25, 0.3) is 0 Å². The van der Waals surface area contributed by atoms with E-state index < -0.39 is 0 Å². The molecule has 0 fully saturated rings. The molecule has 29 heavy (non-hydrogen) atoms. The van der Waals surface area contributed by atoms with Crippen molar-refractivity contribution in [2.24, 2.45) is 5.92 Å². The van der Waals surface area contributed by atoms with E-state index in [0.717, 1.165) is 22.7 Å². The first kappa shape index (κ1) is 20.7. The van der Waals surface area contributed by atoms with Gasteiger partial charge in [0.1, 0.15) is 24.1 Å². The van der Waals surface area contributed by atoms with E-state index in [-0.39, 0.29) is 17.9 Å². The number of nitrogens with one attached hydrogen (secondary N) is 2. The van der Waals surface area contributed by atoms with Crippen LogP contribution in [-0.2, 0) is 11.3 Å². The zero-order chi connectivity index (χ0) is 20.6. The highest BCUT2D eigenvalue weighted by atomic mass is 35.5. The molecule has 0 saturated heterocycles. The van der Waals surface area contributed by atoms with Gasteiger partial charge >= 0.3 is 0 Å². The van der Waals surface area contributed by atoms with Crippen LogP contribution in [0.1, 0.15) is 19.4 Å². The topological polar surface area (TPSA) is 54.3 Å². The van der Waals surface area contributed by atoms with E-state index in [2.05, 4.69) is 19.2 Å². The molecular weight excluding hydrogens is 384 g/mol. The number of para-hydroxylation sites is 1. The fourth-order valence-corrected chi connectivity index (χ4v) is 2.96. The maximum atomic E-state index is 8.41. The summed E-state index contributed by atoms with van der Waals surface area (Å²) < 4.78 is 11.7. The highest BCUT2D eigenvalue weighted by molar-refractivity contribution is 6.30. The Labute approximate surface area is 177 Å². The Morgan fingerprint density at radius 2 is 1.62 bits per heavy atom. The Morgan fingerprint density at radius 1 is 0.931 bits per heavy atom. The van der Waals surface area contributed by atoms with Gasteiger partial charge in [-0.1, -0.05) is 55.8 Å². The van der Waals surface area contributed by atoms with Crippen molar-refractivity contribution in [3.63, 3.8) is 0 Å². The summed E-state index contributed by atoms with van der Waals surface area (Å²) in [5, 5.41) is 12.4. The molecule has 4 nitrogen and oxygen atoms in total. The number of benzene rings is 3. The van der Waals surface area contributed by atoms with Crippen LogP contribution in [-0.4, -0.2) is 11.9 Å². The zero-order valence-corrected chi connectivity index (χ0v) is 17.3. The van der Waals surface area contributed by atoms with Gasteiger partial charge in [0, 0.05) is 10.7 Å². The van der Waals surface area contributed by atoms with Gasteiger partial charge in [-0.15, -0.1) is 0 Å². The summed E-state index contributed by atoms with van der Waals surface area (Å²) in [6, 6.07) is 24.6. The van der Waals surface area contributed by atoms with Gasteiger partial charge in [-0.3, -0.25) is 5.41 Å². The lowest BCUT2D eigenvalue weighted by atomic mass is 10.0. The maximum absolute atomic E-state index is 8.41. The van der Waals surface area contributed by atoms with Gasteiger partial charge < -0.3 is 14.8 Å². The fourth-order valence-electron chi connectivity index (χ4n) is 2.83. The minimum atomic E-state index is -0.236. The molecule has 3 rings (SSSR count). The Hall–Kier alpha value is -2.98. The van der Waals surface area contributed by atoms with E-state index in [1.165, 1.54) is 0 Å². The first-order chi connectivity index (χ1) is 14.0. The van der Waals surface area contributed by atoms with Gasteiger partial charge in [0.2, 0.25) is 5.90 Å². The van der Waals surface area contributed by atoms with Gasteiger partial charge in [-0.05, 0) is 60.0 Å². The molecule has 1 unspecified atom stereocenters. The van der Waals surface area contributed by atoms with E-state index in [0.29, 0.717) is 11.6 Å². The van der Waals surface area contributed by atoms with Crippen LogP contribution in [0, 0.1) is 11.3 Å². The Balaban J connectivity index is 1.60. The first-order valence-electron chi connectivity index (χ1n) is 9.56. The summed E-state index contributed by atoms with van der Waals surface area (Å²) in [6.07, 6.45) is 0. The van der Waals surface area contributed by atoms with Crippen LogP contribution in [0.5, 0.6) is 11.5 Å². The van der Waals surface area contributed by atoms with Crippen molar-refractivity contribution in [3.05, 3.63) is 89.4 Å². The smallest absolute Gasteiger partial charge is 0.204 e. The maximum Gasteiger partial charge on any atom is 0.204 e. The van der Waals surface area contributed by atoms with Gasteiger partial charge in [-0.25, -0.2) is 0 Å². The molecule has 0 heterocycles. The second-order valence-corrected chi connectivity index (χ2v) is 7.52. The lowest BCUT2D eigenvalue weighted by Crippen LogP contribution is -2.35. The summed E-state index contributed by atoms with van der Waals surface area (Å²) in [7, 11) is 0. The van der Waals surface area contributed by atoms with E-state index in [4.69, 9.17) is 26.5 Å². The van der Waals surface area contributed by atoms with Crippen molar-refractivity contribution in [2.75, 3.05) is 5.32 Å². The van der Waals surface area contributed by atoms with Crippen LogP contribution < -0.4 is 10.1 Å². The number of hydrogen-bond donors (Lipinski definition) is 2. The van der Waals surface area contributed by atoms with Crippen molar-refractivity contribution in [1.29, 1.82) is 5.41 Å². The molecule has 150 valence electrons. The molecule has 0 radical (unpaired) electrons. The molecular formula is C24H25ClN2O2. The zero-order valence-electron chi connectivity index (χ0n) is 16.6. The van der Waals surface area contributed by atoms with E-state index in [1.54, 1.807) is 0 Å². The van der Waals surface area contributed by atoms with Crippen molar-refractivity contribution < 1.29 is 9.47 Å². The van der Waals surface area contributed by atoms with Crippen molar-refractivity contribution in [3.8, 4) is 11.5 Å². The van der Waals surface area contributed by atoms with E-state index in [9.17, 15) is 0 Å². The molecule has 5 heteroatoms. The van der Waals surface area contributed by atoms with Crippen LogP contribution >= 0.6 is 11.6 Å². The molecule has 0 aliphatic heterocycles. The molecule has 1 atom stereocenters. The minimum Gasteiger partial charge on any atom is -0.475 e. The molecule has 0 amide bonds. The summed E-state index contributed by atoms with van der Waals surface area (Å²) in [6.45, 7) is 4.41. The predicted octanol–water partition coefficient (Wildman–Crippen LogP) is 6.76. The van der Waals surface area contributed by atoms with Crippen molar-refractivity contribution in [2.45, 2.75) is 26.5 Å². The van der Waals surface area contributed by atoms with Crippen LogP contribution in [0.4, 0.5) is 5.69 Å². The molecule has 0 aromatic heterocycles. The SMILES string of the molecule is CC(C)C(Nc1ccc(Cl)cc1)C(=N)OCc1cccc(Oc2ccccc2)c1. The van der Waals surface area contributed by atoms with Gasteiger partial charge in [0.15, 0.2) is 0 Å². The van der Waals surface area contributed by atoms with Gasteiger partial charge in [0.05, 0.1) is 0 Å². The number of anilines is 1. The second kappa shape index (κ2) is 9.99.